The maximum Gasteiger partial charge on any atom is 0.336 e. The zero-order valence-electron chi connectivity index (χ0n) is 12.4. The van der Waals surface area contributed by atoms with Gasteiger partial charge < -0.3 is 15.9 Å². The minimum Gasteiger partial charge on any atom is -0.508 e. The standard InChI is InChI=1S/C7H4N2O6.C7H7NO2/c10-7(11)4-1-5(8(12)13)3-6(2-4)9(14)15;8-7(10)5-1-3-6(9)4-2-5/h1-3H,(H,10,11);1-4,9H,(H2,8,10). The number of carbonyl (C=O) groups excluding carboxylic acids is 1. The smallest absolute Gasteiger partial charge is 0.336 e. The largest absolute Gasteiger partial charge is 0.508 e. The Labute approximate surface area is 139 Å². The lowest BCUT2D eigenvalue weighted by atomic mass is 10.2. The highest BCUT2D eigenvalue weighted by Gasteiger charge is 2.19. The number of carbonyl (C=O) groups is 2. The van der Waals surface area contributed by atoms with Gasteiger partial charge in [0, 0.05) is 17.7 Å². The van der Waals surface area contributed by atoms with Crippen LogP contribution in [0, 0.1) is 20.2 Å². The monoisotopic (exact) mass is 349 g/mol. The highest BCUT2D eigenvalue weighted by atomic mass is 16.6. The topological polar surface area (TPSA) is 187 Å². The van der Waals surface area contributed by atoms with Crippen LogP contribution in [0.2, 0.25) is 0 Å². The highest BCUT2D eigenvalue weighted by Crippen LogP contribution is 2.22. The van der Waals surface area contributed by atoms with E-state index in [-0.39, 0.29) is 5.75 Å². The molecule has 0 aliphatic rings. The molecule has 0 fully saturated rings. The van der Waals surface area contributed by atoms with E-state index in [0.717, 1.165) is 12.1 Å². The Kier molecular flexibility index (Phi) is 6.09. The highest BCUT2D eigenvalue weighted by molar-refractivity contribution is 5.92. The van der Waals surface area contributed by atoms with Gasteiger partial charge in [-0.3, -0.25) is 25.0 Å². The van der Waals surface area contributed by atoms with E-state index in [0.29, 0.717) is 11.6 Å². The number of non-ortho nitro benzene ring substituents is 2. The second kappa shape index (κ2) is 8.01. The number of benzene rings is 2. The molecule has 11 nitrogen and oxygen atoms in total. The molecule has 2 aromatic rings. The summed E-state index contributed by atoms with van der Waals surface area (Å²) < 4.78 is 0. The third-order valence-electron chi connectivity index (χ3n) is 2.72. The Morgan fingerprint density at radius 2 is 1.32 bits per heavy atom. The summed E-state index contributed by atoms with van der Waals surface area (Å²) in [4.78, 5) is 39.9. The molecule has 1 amide bonds. The van der Waals surface area contributed by atoms with Crippen LogP contribution in [0.1, 0.15) is 20.7 Å². The Morgan fingerprint density at radius 1 is 0.880 bits per heavy atom. The second-order valence-electron chi connectivity index (χ2n) is 4.47. The van der Waals surface area contributed by atoms with Crippen LogP contribution < -0.4 is 5.73 Å². The van der Waals surface area contributed by atoms with Crippen LogP contribution in [0.15, 0.2) is 42.5 Å². The average Bonchev–Trinajstić information content (AvgIpc) is 2.55. The Bertz CT molecular complexity index is 753. The molecular formula is C14H11N3O8. The number of aromatic hydroxyl groups is 1. The van der Waals surface area contributed by atoms with Crippen molar-refractivity contribution in [3.63, 3.8) is 0 Å². The summed E-state index contributed by atoms with van der Waals surface area (Å²) in [6, 6.07) is 7.99. The van der Waals surface area contributed by atoms with Crippen molar-refractivity contribution >= 4 is 23.3 Å². The number of nitro benzene ring substituents is 2. The van der Waals surface area contributed by atoms with Gasteiger partial charge in [-0.15, -0.1) is 0 Å². The molecule has 130 valence electrons. The van der Waals surface area contributed by atoms with Crippen molar-refractivity contribution < 1.29 is 29.6 Å². The summed E-state index contributed by atoms with van der Waals surface area (Å²) >= 11 is 0. The third-order valence-corrected chi connectivity index (χ3v) is 2.72. The predicted molar refractivity (Wildman–Crippen MR) is 83.3 cm³/mol. The van der Waals surface area contributed by atoms with Gasteiger partial charge in [0.25, 0.3) is 11.4 Å². The molecule has 0 spiro atoms. The molecule has 4 N–H and O–H groups in total. The van der Waals surface area contributed by atoms with E-state index in [1.807, 2.05) is 0 Å². The zero-order chi connectivity index (χ0) is 19.1. The Balaban J connectivity index is 0.000000271. The summed E-state index contributed by atoms with van der Waals surface area (Å²) in [6.07, 6.45) is 0. The lowest BCUT2D eigenvalue weighted by Crippen LogP contribution is -2.10. The van der Waals surface area contributed by atoms with Crippen LogP contribution >= 0.6 is 0 Å². The summed E-state index contributed by atoms with van der Waals surface area (Å²) in [5, 5.41) is 38.0. The van der Waals surface area contributed by atoms with Gasteiger partial charge in [-0.2, -0.15) is 0 Å². The summed E-state index contributed by atoms with van der Waals surface area (Å²) in [7, 11) is 0. The average molecular weight is 349 g/mol. The van der Waals surface area contributed by atoms with Crippen molar-refractivity contribution in [2.24, 2.45) is 5.73 Å². The van der Waals surface area contributed by atoms with E-state index in [1.54, 1.807) is 0 Å². The lowest BCUT2D eigenvalue weighted by molar-refractivity contribution is -0.394. The predicted octanol–water partition coefficient (Wildman–Crippen LogP) is 1.69. The molecule has 2 rings (SSSR count). The number of hydrogen-bond donors (Lipinski definition) is 3. The normalized spacial score (nSPS) is 9.44. The van der Waals surface area contributed by atoms with Crippen LogP contribution in [-0.2, 0) is 0 Å². The van der Waals surface area contributed by atoms with Crippen molar-refractivity contribution in [3.05, 3.63) is 73.8 Å². The van der Waals surface area contributed by atoms with Crippen molar-refractivity contribution in [3.8, 4) is 5.75 Å². The number of nitro groups is 2. The minimum atomic E-state index is -1.46. The number of primary amides is 1. The maximum atomic E-state index is 10.5. The van der Waals surface area contributed by atoms with Crippen molar-refractivity contribution in [1.29, 1.82) is 0 Å². The van der Waals surface area contributed by atoms with Crippen LogP contribution in [0.4, 0.5) is 11.4 Å². The van der Waals surface area contributed by atoms with Crippen LogP contribution in [-0.4, -0.2) is 31.9 Å². The van der Waals surface area contributed by atoms with E-state index in [2.05, 4.69) is 0 Å². The fourth-order valence-electron chi connectivity index (χ4n) is 1.56. The van der Waals surface area contributed by atoms with Gasteiger partial charge in [0.15, 0.2) is 0 Å². The van der Waals surface area contributed by atoms with Gasteiger partial charge in [0.1, 0.15) is 5.75 Å². The van der Waals surface area contributed by atoms with Crippen molar-refractivity contribution in [2.45, 2.75) is 0 Å². The number of amides is 1. The maximum absolute atomic E-state index is 10.5. The quantitative estimate of drug-likeness (QED) is 0.549. The molecule has 2 aromatic carbocycles. The van der Waals surface area contributed by atoms with Gasteiger partial charge in [0.05, 0.1) is 21.5 Å². The number of carboxylic acid groups (broad SMARTS) is 1. The van der Waals surface area contributed by atoms with Gasteiger partial charge in [-0.25, -0.2) is 4.79 Å². The first kappa shape index (κ1) is 19.0. The first-order valence-corrected chi connectivity index (χ1v) is 6.38. The fraction of sp³-hybridized carbons (Fsp3) is 0. The van der Waals surface area contributed by atoms with E-state index in [4.69, 9.17) is 15.9 Å². The first-order valence-electron chi connectivity index (χ1n) is 6.38. The molecule has 0 saturated carbocycles. The van der Waals surface area contributed by atoms with Crippen molar-refractivity contribution in [2.75, 3.05) is 0 Å². The molecule has 0 saturated heterocycles. The summed E-state index contributed by atoms with van der Waals surface area (Å²) in [5.41, 5.74) is 3.61. The first-order chi connectivity index (χ1) is 11.6. The molecule has 0 radical (unpaired) electrons. The van der Waals surface area contributed by atoms with Gasteiger partial charge in [0.2, 0.25) is 5.91 Å². The zero-order valence-corrected chi connectivity index (χ0v) is 12.4. The van der Waals surface area contributed by atoms with Crippen LogP contribution in [0.5, 0.6) is 5.75 Å². The van der Waals surface area contributed by atoms with E-state index < -0.39 is 38.7 Å². The SMILES string of the molecule is NC(=O)c1ccc(O)cc1.O=C(O)c1cc([N+](=O)[O-])cc([N+](=O)[O-])c1. The molecule has 0 bridgehead atoms. The molecule has 0 aliphatic carbocycles. The number of carboxylic acids is 1. The van der Waals surface area contributed by atoms with Gasteiger partial charge >= 0.3 is 5.97 Å². The number of phenolic OH excluding ortho intramolecular Hbond substituents is 1. The molecule has 0 atom stereocenters. The summed E-state index contributed by atoms with van der Waals surface area (Å²) in [6.45, 7) is 0. The number of phenols is 1. The number of rotatable bonds is 4. The summed E-state index contributed by atoms with van der Waals surface area (Å²) in [5.74, 6) is -1.81. The van der Waals surface area contributed by atoms with E-state index in [9.17, 15) is 29.8 Å². The minimum absolute atomic E-state index is 0.130. The lowest BCUT2D eigenvalue weighted by Gasteiger charge is -1.96. The molecule has 0 heterocycles. The Hall–Kier alpha value is -4.02. The van der Waals surface area contributed by atoms with Crippen LogP contribution in [0.25, 0.3) is 0 Å². The van der Waals surface area contributed by atoms with Crippen molar-refractivity contribution in [1.82, 2.24) is 0 Å². The van der Waals surface area contributed by atoms with Gasteiger partial charge in [-0.05, 0) is 24.3 Å². The number of nitrogens with two attached hydrogens (primary N) is 1. The number of nitrogens with zero attached hydrogens (tertiary/aromatic N) is 2. The molecule has 0 aromatic heterocycles. The second-order valence-corrected chi connectivity index (χ2v) is 4.47. The van der Waals surface area contributed by atoms with Gasteiger partial charge in [-0.1, -0.05) is 0 Å². The van der Waals surface area contributed by atoms with E-state index >= 15 is 0 Å². The number of aromatic carboxylic acids is 1. The molecule has 0 aliphatic heterocycles. The fourth-order valence-corrected chi connectivity index (χ4v) is 1.56. The molecule has 11 heteroatoms. The van der Waals surface area contributed by atoms with E-state index in [1.165, 1.54) is 24.3 Å². The number of hydrogen-bond acceptors (Lipinski definition) is 7. The molecule has 25 heavy (non-hydrogen) atoms. The molecule has 0 unspecified atom stereocenters. The Morgan fingerprint density at radius 3 is 1.64 bits per heavy atom. The third kappa shape index (κ3) is 5.59. The van der Waals surface area contributed by atoms with Crippen LogP contribution in [0.3, 0.4) is 0 Å². The molecular weight excluding hydrogens is 338 g/mol.